The molecule has 3 nitrogen and oxygen atoms in total. The summed E-state index contributed by atoms with van der Waals surface area (Å²) < 4.78 is 107. The van der Waals surface area contributed by atoms with Crippen LogP contribution < -0.4 is 0 Å². The standard InChI is InChI=1S/C4HF9O.C4H10O.C3H7N.CH3.Ta/c5-2(6,7)1(14,3(8,9)10)4(11,12)13;1-4(2,3)5;1-3(2)4;;/h14H;5H,1-3H3;3H,1-2H3;1H3;/q;;;-1;. The first kappa shape index (κ1) is 32.5. The van der Waals surface area contributed by atoms with E-state index in [0.29, 0.717) is 6.04 Å². The molecule has 0 unspecified atom stereocenters. The second-order valence-corrected chi connectivity index (χ2v) is 6.41. The number of hydrogen-bond donors (Lipinski definition) is 2. The summed E-state index contributed by atoms with van der Waals surface area (Å²) in [6.45, 7) is 9.40. The van der Waals surface area contributed by atoms with Gasteiger partial charge in [-0.1, -0.05) is 0 Å². The van der Waals surface area contributed by atoms with Gasteiger partial charge in [0.15, 0.2) is 0 Å². The van der Waals surface area contributed by atoms with Gasteiger partial charge in [-0.3, -0.25) is 0 Å². The Labute approximate surface area is 152 Å². The Kier molecular flexibility index (Phi) is 14.1. The molecule has 0 aliphatic rings. The van der Waals surface area contributed by atoms with Crippen molar-refractivity contribution in [1.82, 2.24) is 0 Å². The Morgan fingerprint density at radius 1 is 0.720 bits per heavy atom. The molecule has 0 amide bonds. The molecule has 0 heterocycles. The Morgan fingerprint density at radius 3 is 0.840 bits per heavy atom. The third-order valence-electron chi connectivity index (χ3n) is 1.46. The van der Waals surface area contributed by atoms with Crippen LogP contribution in [0.15, 0.2) is 3.34 Å². The Hall–Kier alpha value is -0.170. The first-order chi connectivity index (χ1) is 10.0. The van der Waals surface area contributed by atoms with E-state index in [1.165, 1.54) is 0 Å². The maximum atomic E-state index is 11.4. The number of hydrogen-bond acceptors (Lipinski definition) is 3. The maximum Gasteiger partial charge on any atom is 0.435 e. The Balaban J connectivity index is -0.000000166. The summed E-state index contributed by atoms with van der Waals surface area (Å²) in [6.07, 6.45) is -20.6. The third-order valence-corrected chi connectivity index (χ3v) is 3.12. The van der Waals surface area contributed by atoms with Crippen molar-refractivity contribution >= 4 is 0 Å². The van der Waals surface area contributed by atoms with Gasteiger partial charge in [-0.2, -0.15) is 39.5 Å². The van der Waals surface area contributed by atoms with Gasteiger partial charge in [-0.05, 0) is 20.8 Å². The number of aliphatic hydroxyl groups is 2. The van der Waals surface area contributed by atoms with Gasteiger partial charge in [-0.15, -0.1) is 0 Å². The van der Waals surface area contributed by atoms with Crippen molar-refractivity contribution in [2.24, 2.45) is 3.34 Å². The summed E-state index contributed by atoms with van der Waals surface area (Å²) >= 11 is 1.16. The summed E-state index contributed by atoms with van der Waals surface area (Å²) in [5, 5.41) is 16.2. The van der Waals surface area contributed by atoms with E-state index in [1.807, 2.05) is 0 Å². The molecule has 0 bridgehead atoms. The zero-order chi connectivity index (χ0) is 20.8. The number of rotatable bonds is 1. The van der Waals surface area contributed by atoms with Crippen molar-refractivity contribution in [3.05, 3.63) is 7.43 Å². The molecule has 0 aromatic carbocycles. The molecular weight excluding hydrogens is 542 g/mol. The Bertz CT molecular complexity index is 329. The molecule has 0 saturated carbocycles. The molecule has 0 rings (SSSR count). The van der Waals surface area contributed by atoms with Crippen LogP contribution in [0.5, 0.6) is 0 Å². The van der Waals surface area contributed by atoms with E-state index >= 15 is 0 Å². The van der Waals surface area contributed by atoms with E-state index in [9.17, 15) is 39.5 Å². The van der Waals surface area contributed by atoms with Gasteiger partial charge < -0.3 is 17.6 Å². The van der Waals surface area contributed by atoms with E-state index in [0.717, 1.165) is 20.9 Å². The van der Waals surface area contributed by atoms with Crippen LogP contribution in [-0.2, 0) is 20.9 Å². The van der Waals surface area contributed by atoms with Crippen molar-refractivity contribution < 1.29 is 70.6 Å². The summed E-state index contributed by atoms with van der Waals surface area (Å²) in [7, 11) is 0. The van der Waals surface area contributed by atoms with Gasteiger partial charge in [0.05, 0.1) is 5.60 Å². The molecule has 0 radical (unpaired) electrons. The van der Waals surface area contributed by atoms with Gasteiger partial charge in [0.25, 0.3) is 0 Å². The van der Waals surface area contributed by atoms with Gasteiger partial charge in [0.2, 0.25) is 0 Å². The van der Waals surface area contributed by atoms with Gasteiger partial charge in [0, 0.05) is 0 Å². The maximum absolute atomic E-state index is 11.4. The summed E-state index contributed by atoms with van der Waals surface area (Å²) in [5.41, 5.74) is -7.19. The molecule has 25 heavy (non-hydrogen) atoms. The summed E-state index contributed by atoms with van der Waals surface area (Å²) in [4.78, 5) is 0. The molecule has 2 N–H and O–H groups in total. The summed E-state index contributed by atoms with van der Waals surface area (Å²) in [6, 6.07) is 0.559. The zero-order valence-electron chi connectivity index (χ0n) is 14.3. The zero-order valence-corrected chi connectivity index (χ0v) is 17.5. The predicted octanol–water partition coefficient (Wildman–Crippen LogP) is 4.76. The van der Waals surface area contributed by atoms with Crippen LogP contribution >= 0.6 is 0 Å². The molecule has 0 atom stereocenters. The van der Waals surface area contributed by atoms with Gasteiger partial charge in [0.1, 0.15) is 0 Å². The van der Waals surface area contributed by atoms with E-state index in [2.05, 4.69) is 17.2 Å². The fraction of sp³-hybridized carbons (Fsp3) is 0.917. The van der Waals surface area contributed by atoms with Gasteiger partial charge in [-0.25, -0.2) is 0 Å². The van der Waals surface area contributed by atoms with E-state index in [1.54, 1.807) is 20.8 Å². The molecule has 0 spiro atoms. The molecule has 0 fully saturated rings. The first-order valence-electron chi connectivity index (χ1n) is 6.01. The van der Waals surface area contributed by atoms with Crippen molar-refractivity contribution in [2.45, 2.75) is 70.4 Å². The number of alkyl halides is 9. The van der Waals surface area contributed by atoms with Crippen LogP contribution in [0.25, 0.3) is 0 Å². The van der Waals surface area contributed by atoms with Crippen molar-refractivity contribution in [1.29, 1.82) is 0 Å². The molecule has 0 aliphatic heterocycles. The molecule has 0 aromatic heterocycles. The molecule has 13 heteroatoms. The molecule has 0 aromatic rings. The SMILES string of the molecule is CC(C)(C)O.CC(C)[N]=[Ta].OC(C(F)(F)F)(C(F)(F)F)C(F)(F)F.[CH3-]. The smallest absolute Gasteiger partial charge is 0.367 e. The van der Waals surface area contributed by atoms with Crippen LogP contribution in [0.2, 0.25) is 0 Å². The fourth-order valence-corrected chi connectivity index (χ4v) is 0.482. The fourth-order valence-electron chi connectivity index (χ4n) is 0.482. The van der Waals surface area contributed by atoms with E-state index < -0.39 is 29.7 Å². The number of nitrogens with zero attached hydrogens (tertiary/aromatic N) is 1. The Morgan fingerprint density at radius 2 is 0.840 bits per heavy atom. The van der Waals surface area contributed by atoms with Crippen molar-refractivity contribution in [3.8, 4) is 0 Å². The average molecular weight is 563 g/mol. The van der Waals surface area contributed by atoms with Crippen LogP contribution in [0.1, 0.15) is 34.6 Å². The minimum Gasteiger partial charge on any atom is -0.367 e. The van der Waals surface area contributed by atoms with Crippen molar-refractivity contribution in [2.75, 3.05) is 0 Å². The number of halogens is 9. The topological polar surface area (TPSA) is 52.8 Å². The second-order valence-electron chi connectivity index (χ2n) is 5.58. The molecule has 155 valence electrons. The van der Waals surface area contributed by atoms with E-state index in [4.69, 9.17) is 10.2 Å². The van der Waals surface area contributed by atoms with Crippen LogP contribution in [0.3, 0.4) is 0 Å². The predicted molar refractivity (Wildman–Crippen MR) is 69.1 cm³/mol. The first-order valence-corrected chi connectivity index (χ1v) is 7.45. The second kappa shape index (κ2) is 10.9. The van der Waals surface area contributed by atoms with Crippen molar-refractivity contribution in [3.63, 3.8) is 0 Å². The summed E-state index contributed by atoms with van der Waals surface area (Å²) in [5.74, 6) is 0. The molecule has 0 aliphatic carbocycles. The quantitative estimate of drug-likeness (QED) is 0.358. The minimum absolute atomic E-state index is 0. The molecular formula is C12H21F9NO2Ta-. The monoisotopic (exact) mass is 563 g/mol. The van der Waals surface area contributed by atoms with E-state index in [-0.39, 0.29) is 7.43 Å². The largest absolute Gasteiger partial charge is 0.435 e. The molecule has 0 saturated heterocycles. The van der Waals surface area contributed by atoms with Crippen LogP contribution in [0, 0.1) is 7.43 Å². The average Bonchev–Trinajstić information content (AvgIpc) is 2.21. The normalized spacial score (nSPS) is 13.0. The third kappa shape index (κ3) is 13.7. The van der Waals surface area contributed by atoms with Gasteiger partial charge >= 0.3 is 68.2 Å². The minimum atomic E-state index is -6.87. The van der Waals surface area contributed by atoms with Crippen LogP contribution in [0.4, 0.5) is 39.5 Å². The van der Waals surface area contributed by atoms with Crippen LogP contribution in [-0.4, -0.2) is 46.0 Å².